The molecular formula is C19H18FN3O2S. The van der Waals surface area contributed by atoms with Gasteiger partial charge in [0, 0.05) is 6.04 Å². The molecular weight excluding hydrogens is 353 g/mol. The van der Waals surface area contributed by atoms with Gasteiger partial charge in [0.15, 0.2) is 5.16 Å². The van der Waals surface area contributed by atoms with Gasteiger partial charge in [0.1, 0.15) is 5.82 Å². The number of aromatic nitrogens is 2. The summed E-state index contributed by atoms with van der Waals surface area (Å²) in [7, 11) is 0. The van der Waals surface area contributed by atoms with Crippen LogP contribution in [0.3, 0.4) is 0 Å². The number of nitrogens with zero attached hydrogens (tertiary/aromatic N) is 2. The van der Waals surface area contributed by atoms with Crippen LogP contribution >= 0.6 is 11.8 Å². The van der Waals surface area contributed by atoms with Crippen molar-refractivity contribution in [3.63, 3.8) is 0 Å². The Bertz CT molecular complexity index is 1020. The van der Waals surface area contributed by atoms with Gasteiger partial charge < -0.3 is 5.32 Å². The zero-order valence-electron chi connectivity index (χ0n) is 14.4. The van der Waals surface area contributed by atoms with Crippen molar-refractivity contribution in [1.82, 2.24) is 9.55 Å². The first-order chi connectivity index (χ1) is 12.5. The minimum Gasteiger partial charge on any atom is -0.323 e. The van der Waals surface area contributed by atoms with E-state index < -0.39 is 5.82 Å². The maximum Gasteiger partial charge on any atom is 0.262 e. The van der Waals surface area contributed by atoms with Gasteiger partial charge in [-0.3, -0.25) is 14.2 Å². The summed E-state index contributed by atoms with van der Waals surface area (Å²) in [5.74, 6) is -0.835. The molecule has 26 heavy (non-hydrogen) atoms. The predicted octanol–water partition coefficient (Wildman–Crippen LogP) is 3.85. The van der Waals surface area contributed by atoms with E-state index in [1.807, 2.05) is 19.9 Å². The quantitative estimate of drug-likeness (QED) is 0.547. The molecule has 0 radical (unpaired) electrons. The van der Waals surface area contributed by atoms with Crippen molar-refractivity contribution in [3.05, 3.63) is 64.7 Å². The summed E-state index contributed by atoms with van der Waals surface area (Å²) in [5, 5.41) is 3.54. The molecule has 7 heteroatoms. The Kier molecular flexibility index (Phi) is 5.37. The van der Waals surface area contributed by atoms with Crippen LogP contribution in [0.4, 0.5) is 10.1 Å². The molecule has 0 aliphatic carbocycles. The molecule has 0 bridgehead atoms. The first kappa shape index (κ1) is 18.1. The van der Waals surface area contributed by atoms with Gasteiger partial charge in [0.05, 0.1) is 22.3 Å². The van der Waals surface area contributed by atoms with E-state index in [-0.39, 0.29) is 28.9 Å². The normalized spacial score (nSPS) is 11.1. The van der Waals surface area contributed by atoms with Crippen LogP contribution in [-0.2, 0) is 4.79 Å². The summed E-state index contributed by atoms with van der Waals surface area (Å²) in [6.07, 6.45) is 0. The van der Waals surface area contributed by atoms with Crippen LogP contribution in [0.1, 0.15) is 19.9 Å². The maximum atomic E-state index is 13.6. The van der Waals surface area contributed by atoms with Gasteiger partial charge in [-0.1, -0.05) is 36.0 Å². The second kappa shape index (κ2) is 7.70. The smallest absolute Gasteiger partial charge is 0.262 e. The molecule has 0 saturated carbocycles. The van der Waals surface area contributed by atoms with Gasteiger partial charge >= 0.3 is 0 Å². The summed E-state index contributed by atoms with van der Waals surface area (Å²) in [4.78, 5) is 29.4. The molecule has 0 spiro atoms. The molecule has 0 aliphatic rings. The van der Waals surface area contributed by atoms with Crippen LogP contribution in [0.25, 0.3) is 10.9 Å². The van der Waals surface area contributed by atoms with Crippen LogP contribution in [-0.4, -0.2) is 21.2 Å². The highest BCUT2D eigenvalue weighted by molar-refractivity contribution is 7.99. The SMILES string of the molecule is CC(C)n1c(SCC(=O)Nc2ccccc2F)nc2ccccc2c1=O. The third-order valence-electron chi connectivity index (χ3n) is 3.77. The molecule has 3 rings (SSSR count). The number of anilines is 1. The minimum absolute atomic E-state index is 0.0197. The van der Waals surface area contributed by atoms with E-state index in [0.717, 1.165) is 11.8 Å². The molecule has 1 aromatic heterocycles. The zero-order chi connectivity index (χ0) is 18.7. The zero-order valence-corrected chi connectivity index (χ0v) is 15.2. The number of rotatable bonds is 5. The molecule has 0 fully saturated rings. The van der Waals surface area contributed by atoms with Crippen LogP contribution in [0.15, 0.2) is 58.5 Å². The molecule has 3 aromatic rings. The number of halogens is 1. The van der Waals surface area contributed by atoms with E-state index in [9.17, 15) is 14.0 Å². The Labute approximate surface area is 154 Å². The van der Waals surface area contributed by atoms with E-state index in [1.54, 1.807) is 34.9 Å². The van der Waals surface area contributed by atoms with Gasteiger partial charge in [0.25, 0.3) is 5.56 Å². The van der Waals surface area contributed by atoms with Gasteiger partial charge in [-0.05, 0) is 38.1 Å². The van der Waals surface area contributed by atoms with E-state index in [1.165, 1.54) is 12.1 Å². The third-order valence-corrected chi connectivity index (χ3v) is 4.72. The van der Waals surface area contributed by atoms with Gasteiger partial charge in [0.2, 0.25) is 5.91 Å². The van der Waals surface area contributed by atoms with Crippen molar-refractivity contribution in [2.24, 2.45) is 0 Å². The Morgan fingerprint density at radius 2 is 1.88 bits per heavy atom. The predicted molar refractivity (Wildman–Crippen MR) is 102 cm³/mol. The molecule has 0 atom stereocenters. The Hall–Kier alpha value is -2.67. The van der Waals surface area contributed by atoms with Crippen molar-refractivity contribution in [1.29, 1.82) is 0 Å². The van der Waals surface area contributed by atoms with Crippen molar-refractivity contribution in [2.75, 3.05) is 11.1 Å². The minimum atomic E-state index is -0.492. The van der Waals surface area contributed by atoms with E-state index in [0.29, 0.717) is 16.1 Å². The maximum absolute atomic E-state index is 13.6. The fourth-order valence-electron chi connectivity index (χ4n) is 2.56. The third kappa shape index (κ3) is 3.77. The molecule has 0 unspecified atom stereocenters. The summed E-state index contributed by atoms with van der Waals surface area (Å²) >= 11 is 1.15. The van der Waals surface area contributed by atoms with E-state index in [4.69, 9.17) is 0 Å². The number of benzene rings is 2. The number of thioether (sulfide) groups is 1. The average Bonchev–Trinajstić information content (AvgIpc) is 2.61. The van der Waals surface area contributed by atoms with Gasteiger partial charge in [-0.25, -0.2) is 9.37 Å². The topological polar surface area (TPSA) is 64.0 Å². The lowest BCUT2D eigenvalue weighted by atomic mass is 10.2. The molecule has 134 valence electrons. The summed E-state index contributed by atoms with van der Waals surface area (Å²) in [5.41, 5.74) is 0.583. The van der Waals surface area contributed by atoms with E-state index in [2.05, 4.69) is 10.3 Å². The highest BCUT2D eigenvalue weighted by Crippen LogP contribution is 2.21. The number of carbonyl (C=O) groups is 1. The Balaban J connectivity index is 1.84. The largest absolute Gasteiger partial charge is 0.323 e. The van der Waals surface area contributed by atoms with Crippen molar-refractivity contribution >= 4 is 34.3 Å². The fraction of sp³-hybridized carbons (Fsp3) is 0.211. The number of fused-ring (bicyclic) bond motifs is 1. The Morgan fingerprint density at radius 3 is 2.62 bits per heavy atom. The number of nitrogens with one attached hydrogen (secondary N) is 1. The van der Waals surface area contributed by atoms with Crippen LogP contribution in [0.5, 0.6) is 0 Å². The van der Waals surface area contributed by atoms with Crippen LogP contribution in [0, 0.1) is 5.82 Å². The summed E-state index contributed by atoms with van der Waals surface area (Å²) < 4.78 is 15.2. The van der Waals surface area contributed by atoms with Crippen LogP contribution < -0.4 is 10.9 Å². The monoisotopic (exact) mass is 371 g/mol. The first-order valence-electron chi connectivity index (χ1n) is 8.16. The number of amides is 1. The summed E-state index contributed by atoms with van der Waals surface area (Å²) in [6, 6.07) is 13.0. The molecule has 1 heterocycles. The number of para-hydroxylation sites is 2. The molecule has 0 aliphatic heterocycles. The Morgan fingerprint density at radius 1 is 1.19 bits per heavy atom. The van der Waals surface area contributed by atoms with Crippen LogP contribution in [0.2, 0.25) is 0 Å². The second-order valence-corrected chi connectivity index (χ2v) is 6.94. The van der Waals surface area contributed by atoms with Gasteiger partial charge in [-0.2, -0.15) is 0 Å². The average molecular weight is 371 g/mol. The van der Waals surface area contributed by atoms with Crippen molar-refractivity contribution < 1.29 is 9.18 Å². The second-order valence-electron chi connectivity index (χ2n) is 6.00. The lowest BCUT2D eigenvalue weighted by Gasteiger charge is -2.16. The first-order valence-corrected chi connectivity index (χ1v) is 9.14. The number of hydrogen-bond acceptors (Lipinski definition) is 4. The highest BCUT2D eigenvalue weighted by Gasteiger charge is 2.15. The number of carbonyl (C=O) groups excluding carboxylic acids is 1. The van der Waals surface area contributed by atoms with E-state index >= 15 is 0 Å². The molecule has 1 N–H and O–H groups in total. The molecule has 0 saturated heterocycles. The van der Waals surface area contributed by atoms with Crippen molar-refractivity contribution in [3.8, 4) is 0 Å². The molecule has 1 amide bonds. The lowest BCUT2D eigenvalue weighted by Crippen LogP contribution is -2.25. The standard InChI is InChI=1S/C19H18FN3O2S/c1-12(2)23-18(25)13-7-3-5-9-15(13)22-19(23)26-11-17(24)21-16-10-6-4-8-14(16)20/h3-10,12H,11H2,1-2H3,(H,21,24). The summed E-state index contributed by atoms with van der Waals surface area (Å²) in [6.45, 7) is 3.78. The molecule has 5 nitrogen and oxygen atoms in total. The lowest BCUT2D eigenvalue weighted by molar-refractivity contribution is -0.113. The van der Waals surface area contributed by atoms with Crippen molar-refractivity contribution in [2.45, 2.75) is 25.0 Å². The fourth-order valence-corrected chi connectivity index (χ4v) is 3.49. The number of hydrogen-bond donors (Lipinski definition) is 1. The highest BCUT2D eigenvalue weighted by atomic mass is 32.2. The molecule has 2 aromatic carbocycles. The van der Waals surface area contributed by atoms with Gasteiger partial charge in [-0.15, -0.1) is 0 Å².